The SMILES string of the molecule is CC.CC(=O)C1CC(C(C)(C)C)C1.CC(=O)C1CC1C(C)(C)C.CC(=O)C1CCC(C(C)(C)C)CC1.CC(C)(C)CCc1ccccc1.CC(C)(C)CCc1ncn[nH]1.CC(C)(C)OCP(C)(=O)O.CC(C)(C)OCc1ncn[nH]1.CN(C)CCOC(C)(C)C.C[C@@H]1CCN([C@@H](C)COC(C)(C)C)C1.Cc1cc(CCC(C)C)on1.Cc1cc(COC(C)C)on1. The number of ether oxygens (including phenoxy) is 5. The molecule has 5 atom stereocenters. The zero-order chi connectivity index (χ0) is 98.2. The van der Waals surface area contributed by atoms with Crippen LogP contribution in [0.15, 0.2) is 64.2 Å². The van der Waals surface area contributed by atoms with Gasteiger partial charge in [-0.15, -0.1) is 0 Å². The summed E-state index contributed by atoms with van der Waals surface area (Å²) < 4.78 is 47.8. The van der Waals surface area contributed by atoms with E-state index in [0.717, 1.165) is 129 Å². The average molecular weight is 1800 g/mol. The number of H-pyrrole nitrogens is 2. The van der Waals surface area contributed by atoms with Crippen molar-refractivity contribution in [2.24, 2.45) is 74.4 Å². The molecule has 4 aromatic heterocycles. The summed E-state index contributed by atoms with van der Waals surface area (Å²) in [5, 5.41) is 20.6. The number of likely N-dealkylation sites (tertiary alicyclic amines) is 1. The first-order chi connectivity index (χ1) is 57.4. The van der Waals surface area contributed by atoms with Gasteiger partial charge in [-0.25, -0.2) is 9.97 Å². The second-order valence-corrected chi connectivity index (χ2v) is 48.0. The maximum atomic E-state index is 11.2. The van der Waals surface area contributed by atoms with Crippen LogP contribution in [0.5, 0.6) is 0 Å². The van der Waals surface area contributed by atoms with Crippen molar-refractivity contribution in [3.63, 3.8) is 0 Å². The van der Waals surface area contributed by atoms with E-state index in [9.17, 15) is 18.9 Å². The molecule has 22 nitrogen and oxygen atoms in total. The lowest BCUT2D eigenvalue weighted by atomic mass is 9.62. The van der Waals surface area contributed by atoms with Gasteiger partial charge >= 0.3 is 0 Å². The number of rotatable bonds is 23. The van der Waals surface area contributed by atoms with Crippen molar-refractivity contribution in [2.45, 2.75) is 415 Å². The van der Waals surface area contributed by atoms with E-state index in [4.69, 9.17) is 37.6 Å². The first-order valence-electron chi connectivity index (χ1n) is 47.3. The van der Waals surface area contributed by atoms with Crippen LogP contribution in [-0.4, -0.2) is 167 Å². The fourth-order valence-corrected chi connectivity index (χ4v) is 13.2. The topological polar surface area (TPSA) is 276 Å². The van der Waals surface area contributed by atoms with Gasteiger partial charge in [-0.2, -0.15) is 10.2 Å². The lowest BCUT2D eigenvalue weighted by molar-refractivity contribution is -0.126. The Labute approximate surface area is 771 Å². The lowest BCUT2D eigenvalue weighted by Crippen LogP contribution is -2.37. The van der Waals surface area contributed by atoms with Crippen molar-refractivity contribution in [3.05, 3.63) is 95.2 Å². The largest absolute Gasteiger partial charge is 0.375 e. The van der Waals surface area contributed by atoms with Gasteiger partial charge in [-0.1, -0.05) is 179 Å². The van der Waals surface area contributed by atoms with Crippen LogP contribution >= 0.6 is 7.37 Å². The van der Waals surface area contributed by atoms with Crippen molar-refractivity contribution >= 4 is 24.7 Å². The molecule has 1 aromatic carbocycles. The first kappa shape index (κ1) is 125. The summed E-state index contributed by atoms with van der Waals surface area (Å²) in [5.74, 6) is 9.71. The van der Waals surface area contributed by atoms with E-state index in [1.165, 1.54) is 70.2 Å². The number of benzene rings is 1. The molecule has 3 saturated carbocycles. The molecule has 1 saturated heterocycles. The number of aryl methyl sites for hydroxylation is 5. The van der Waals surface area contributed by atoms with Crippen LogP contribution in [0.1, 0.15) is 374 Å². The predicted molar refractivity (Wildman–Crippen MR) is 526 cm³/mol. The number of aromatic nitrogens is 8. The fourth-order valence-electron chi connectivity index (χ4n) is 12.6. The minimum atomic E-state index is -2.98. The van der Waals surface area contributed by atoms with Crippen molar-refractivity contribution in [2.75, 3.05) is 60.0 Å². The van der Waals surface area contributed by atoms with Crippen LogP contribution in [0.4, 0.5) is 0 Å². The molecule has 3 unspecified atom stereocenters. The van der Waals surface area contributed by atoms with Gasteiger partial charge in [0, 0.05) is 68.5 Å². The van der Waals surface area contributed by atoms with Crippen LogP contribution in [0.25, 0.3) is 0 Å². The van der Waals surface area contributed by atoms with Crippen molar-refractivity contribution in [1.29, 1.82) is 0 Å². The molecular weight excluding hydrogens is 1600 g/mol. The van der Waals surface area contributed by atoms with E-state index in [2.05, 4.69) is 254 Å². The van der Waals surface area contributed by atoms with Crippen molar-refractivity contribution in [3.8, 4) is 0 Å². The number of ketones is 3. The molecule has 23 heteroatoms. The van der Waals surface area contributed by atoms with E-state index >= 15 is 0 Å². The van der Waals surface area contributed by atoms with Crippen molar-refractivity contribution < 1.29 is 56.6 Å². The van der Waals surface area contributed by atoms with Crippen LogP contribution < -0.4 is 0 Å². The highest BCUT2D eigenvalue weighted by Gasteiger charge is 2.47. The standard InChI is InChI=1S/C12H25NO.C12H22O.C12H18.C10H18O.C9H15NO.C9H16O.C8H15N3.C8H13NO2.C8H19NO.C7H13N3O.C6H15O3P.C2H6/c1-10-6-7-13(8-10)11(2)9-14-12(3,4)5;1-9(13)10-5-7-11(8-6-10)12(2,3)4;1-12(2,3)10-9-11-7-5-4-6-8-11;1-7(11)8-5-9(6-8)10(2,3)4;1-7(2)4-5-9-6-8(3)10-11-9;1-6(10)7-5-8(7)9(2,3)4;1-8(2,3)5-4-7-9-6-10-11-7;1-6(2)10-5-8-4-7(3)9-11-8;1-8(2,3)10-7-6-9(4)5;1-7(2,3)11-4-6-8-5-9-10-6;1-6(2,3)9-5-10(4,7)8;1-2/h10-11H,6-9H2,1-5H3;10-11H,5-8H2,1-4H3;4-8H,9-10H2,1-3H3;8-9H,5-6H2,1-4H3;6-7H,4-5H2,1-3H3;7-8H,5H2,1-4H3;6H,4-5H2,1-3H3,(H,9,10,11);4,6H,5H2,1-3H3;6-7H2,1-5H3;5H,4H2,1-3H3,(H,8,9,10);5H2,1-4H3,(H,7,8);1-2H3/t10-,11+;;;;;;;;;;;/m1.........../s1. The molecule has 734 valence electrons. The smallest absolute Gasteiger partial charge is 0.222 e. The van der Waals surface area contributed by atoms with Gasteiger partial charge in [0.05, 0.1) is 53.1 Å². The van der Waals surface area contributed by atoms with Crippen molar-refractivity contribution in [1.82, 2.24) is 50.5 Å². The zero-order valence-electron chi connectivity index (χ0n) is 89.0. The molecule has 1 aliphatic heterocycles. The van der Waals surface area contributed by atoms with Gasteiger partial charge in [0.15, 0.2) is 5.76 Å². The Morgan fingerprint density at radius 3 is 1.36 bits per heavy atom. The Balaban J connectivity index is -0.00000132. The molecule has 5 aromatic rings. The molecule has 4 fully saturated rings. The second-order valence-electron chi connectivity index (χ2n) is 45.7. The fraction of sp³-hybridized carbons (Fsp3) is 0.816. The van der Waals surface area contributed by atoms with E-state index in [-0.39, 0.29) is 34.9 Å². The van der Waals surface area contributed by atoms with Gasteiger partial charge in [-0.3, -0.25) is 34.0 Å². The first-order valence-corrected chi connectivity index (χ1v) is 49.6. The van der Waals surface area contributed by atoms with Crippen LogP contribution in [0, 0.1) is 88.3 Å². The molecular formula is C103H195N10O12P. The quantitative estimate of drug-likeness (QED) is 0.0513. The predicted octanol–water partition coefficient (Wildman–Crippen LogP) is 26.0. The van der Waals surface area contributed by atoms with Gasteiger partial charge in [0.2, 0.25) is 7.37 Å². The van der Waals surface area contributed by atoms with Crippen LogP contribution in [-0.2, 0) is 75.1 Å². The summed E-state index contributed by atoms with van der Waals surface area (Å²) in [7, 11) is 1.11. The molecule has 0 bridgehead atoms. The summed E-state index contributed by atoms with van der Waals surface area (Å²) in [4.78, 5) is 54.4. The Morgan fingerprint density at radius 2 is 1.02 bits per heavy atom. The molecule has 3 N–H and O–H groups in total. The Bertz CT molecular complexity index is 3470. The second kappa shape index (κ2) is 60.8. The Kier molecular flexibility index (Phi) is 60.3. The number of carbonyl (C=O) groups excluding carboxylic acids is 3. The van der Waals surface area contributed by atoms with Crippen LogP contribution in [0.3, 0.4) is 0 Å². The van der Waals surface area contributed by atoms with Gasteiger partial charge < -0.3 is 42.5 Å². The van der Waals surface area contributed by atoms with Gasteiger partial charge in [-0.05, 0) is 298 Å². The molecule has 0 spiro atoms. The number of carbonyl (C=O) groups is 3. The molecule has 0 radical (unpaired) electrons. The minimum Gasteiger partial charge on any atom is -0.375 e. The number of aromatic amines is 2. The number of nitrogens with one attached hydrogen (secondary N) is 2. The number of likely N-dealkylation sites (N-methyl/N-ethyl adjacent to an activating group) is 1. The summed E-state index contributed by atoms with van der Waals surface area (Å²) in [6, 6.07) is 15.1. The molecule has 4 aliphatic rings. The molecule has 0 amide bonds. The molecule has 126 heavy (non-hydrogen) atoms. The minimum absolute atomic E-state index is 0.000396. The number of hydrogen-bond acceptors (Lipinski definition) is 19. The lowest BCUT2D eigenvalue weighted by Gasteiger charge is -2.42. The highest BCUT2D eigenvalue weighted by molar-refractivity contribution is 7.56. The normalized spacial score (nSPS) is 19.0. The monoisotopic (exact) mass is 1800 g/mol. The molecule has 3 aliphatic carbocycles. The van der Waals surface area contributed by atoms with E-state index in [1.807, 2.05) is 109 Å². The average Bonchev–Trinajstić information content (AvgIpc) is 1.64. The molecule has 9 rings (SSSR count). The zero-order valence-corrected chi connectivity index (χ0v) is 89.9. The third-order valence-electron chi connectivity index (χ3n) is 21.1. The van der Waals surface area contributed by atoms with Gasteiger partial charge in [0.1, 0.15) is 67.0 Å². The third kappa shape index (κ3) is 73.5. The highest BCUT2D eigenvalue weighted by atomic mass is 31.2. The van der Waals surface area contributed by atoms with E-state index < -0.39 is 7.37 Å². The summed E-state index contributed by atoms with van der Waals surface area (Å²) in [6.07, 6.45) is 19.4. The summed E-state index contributed by atoms with van der Waals surface area (Å²) >= 11 is 0. The Hall–Kier alpha value is -5.16. The van der Waals surface area contributed by atoms with E-state index in [0.29, 0.717) is 87.4 Å². The number of Topliss-reactive ketones (excluding diaryl/α,β-unsaturated/α-hetero) is 3. The summed E-state index contributed by atoms with van der Waals surface area (Å²) in [6.45, 7) is 91.4. The number of hydrogen-bond donors (Lipinski definition) is 3. The number of nitrogens with zero attached hydrogens (tertiary/aromatic N) is 8. The van der Waals surface area contributed by atoms with E-state index in [1.54, 1.807) is 27.1 Å². The third-order valence-corrected chi connectivity index (χ3v) is 21.7. The highest BCUT2D eigenvalue weighted by Crippen LogP contribution is 2.51. The maximum Gasteiger partial charge on any atom is 0.222 e. The van der Waals surface area contributed by atoms with Crippen LogP contribution in [0.2, 0.25) is 0 Å². The molecule has 5 heterocycles. The summed E-state index contributed by atoms with van der Waals surface area (Å²) in [5.41, 5.74) is 4.91. The Morgan fingerprint density at radius 1 is 0.563 bits per heavy atom. The maximum absolute atomic E-state index is 11.2. The van der Waals surface area contributed by atoms with Gasteiger partial charge in [0.25, 0.3) is 0 Å².